The van der Waals surface area contributed by atoms with Gasteiger partial charge in [0, 0.05) is 13.6 Å². The lowest BCUT2D eigenvalue weighted by Crippen LogP contribution is -2.51. The Bertz CT molecular complexity index is 1350. The molecule has 3 aromatic rings. The Balaban J connectivity index is 2.08. The molecule has 0 saturated carbocycles. The fraction of sp³-hybridized carbons (Fsp3) is 0.286. The zero-order valence-electron chi connectivity index (χ0n) is 21.4. The van der Waals surface area contributed by atoms with E-state index in [-0.39, 0.29) is 17.3 Å². The number of rotatable bonds is 10. The summed E-state index contributed by atoms with van der Waals surface area (Å²) in [5.74, 6) is -1.35. The van der Waals surface area contributed by atoms with Gasteiger partial charge in [-0.25, -0.2) is 12.8 Å². The fourth-order valence-corrected chi connectivity index (χ4v) is 5.69. The molecule has 0 aromatic heterocycles. The van der Waals surface area contributed by atoms with Crippen LogP contribution in [0.1, 0.15) is 30.0 Å². The normalized spacial score (nSPS) is 12.0. The second-order valence-corrected chi connectivity index (χ2v) is 10.7. The first-order valence-electron chi connectivity index (χ1n) is 12.0. The molecule has 3 rings (SSSR count). The molecule has 37 heavy (non-hydrogen) atoms. The van der Waals surface area contributed by atoms with Crippen LogP contribution in [-0.2, 0) is 26.2 Å². The summed E-state index contributed by atoms with van der Waals surface area (Å²) in [7, 11) is -2.64. The van der Waals surface area contributed by atoms with Crippen LogP contribution in [0.25, 0.3) is 0 Å². The highest BCUT2D eigenvalue weighted by Gasteiger charge is 2.33. The van der Waals surface area contributed by atoms with Gasteiger partial charge in [0.15, 0.2) is 0 Å². The smallest absolute Gasteiger partial charge is 0.264 e. The summed E-state index contributed by atoms with van der Waals surface area (Å²) in [5.41, 5.74) is 2.63. The monoisotopic (exact) mass is 525 g/mol. The number of aryl methyl sites for hydroxylation is 2. The largest absolute Gasteiger partial charge is 0.357 e. The Kier molecular flexibility index (Phi) is 9.04. The third-order valence-corrected chi connectivity index (χ3v) is 7.90. The molecule has 196 valence electrons. The maximum absolute atomic E-state index is 13.8. The number of likely N-dealkylation sites (N-methyl/N-ethyl adjacent to an activating group) is 1. The molecule has 0 aliphatic heterocycles. The number of hydrogen-bond acceptors (Lipinski definition) is 4. The Morgan fingerprint density at radius 3 is 2.19 bits per heavy atom. The topological polar surface area (TPSA) is 86.8 Å². The average molecular weight is 526 g/mol. The summed E-state index contributed by atoms with van der Waals surface area (Å²) in [5, 5.41) is 2.58. The number of carbonyl (C=O) groups is 2. The van der Waals surface area contributed by atoms with Gasteiger partial charge >= 0.3 is 0 Å². The van der Waals surface area contributed by atoms with E-state index < -0.39 is 34.3 Å². The summed E-state index contributed by atoms with van der Waals surface area (Å²) >= 11 is 0. The first-order chi connectivity index (χ1) is 17.6. The summed E-state index contributed by atoms with van der Waals surface area (Å²) < 4.78 is 42.2. The number of carbonyl (C=O) groups excluding carboxylic acids is 2. The van der Waals surface area contributed by atoms with Crippen molar-refractivity contribution in [2.45, 2.75) is 44.7 Å². The Morgan fingerprint density at radius 1 is 0.973 bits per heavy atom. The summed E-state index contributed by atoms with van der Waals surface area (Å²) in [6.45, 7) is 4.95. The second kappa shape index (κ2) is 12.0. The van der Waals surface area contributed by atoms with E-state index in [2.05, 4.69) is 5.32 Å². The molecule has 9 heteroatoms. The highest BCUT2D eigenvalue weighted by molar-refractivity contribution is 7.92. The van der Waals surface area contributed by atoms with E-state index in [1.54, 1.807) is 44.2 Å². The van der Waals surface area contributed by atoms with Crippen molar-refractivity contribution in [3.05, 3.63) is 95.3 Å². The van der Waals surface area contributed by atoms with Gasteiger partial charge in [0.1, 0.15) is 18.4 Å². The van der Waals surface area contributed by atoms with Crippen molar-refractivity contribution in [3.63, 3.8) is 0 Å². The van der Waals surface area contributed by atoms with Gasteiger partial charge in [-0.15, -0.1) is 0 Å². The lowest BCUT2D eigenvalue weighted by molar-refractivity contribution is -0.140. The van der Waals surface area contributed by atoms with Crippen molar-refractivity contribution in [2.75, 3.05) is 17.9 Å². The van der Waals surface area contributed by atoms with Crippen molar-refractivity contribution in [2.24, 2.45) is 0 Å². The fourth-order valence-electron chi connectivity index (χ4n) is 4.19. The highest BCUT2D eigenvalue weighted by atomic mass is 32.2. The van der Waals surface area contributed by atoms with E-state index in [9.17, 15) is 22.4 Å². The molecular formula is C28H32FN3O4S. The van der Waals surface area contributed by atoms with Gasteiger partial charge in [0.2, 0.25) is 11.8 Å². The molecule has 0 bridgehead atoms. The molecule has 0 aliphatic carbocycles. The summed E-state index contributed by atoms with van der Waals surface area (Å²) in [4.78, 5) is 27.9. The molecule has 0 saturated heterocycles. The van der Waals surface area contributed by atoms with E-state index in [4.69, 9.17) is 0 Å². The number of nitrogens with zero attached hydrogens (tertiary/aromatic N) is 2. The van der Waals surface area contributed by atoms with Crippen LogP contribution in [0.2, 0.25) is 0 Å². The third-order valence-electron chi connectivity index (χ3n) is 6.13. The molecule has 0 fully saturated rings. The van der Waals surface area contributed by atoms with E-state index in [0.717, 1.165) is 9.87 Å². The number of hydrogen-bond donors (Lipinski definition) is 1. The van der Waals surface area contributed by atoms with Crippen LogP contribution in [0.4, 0.5) is 10.1 Å². The Hall–Kier alpha value is -3.72. The number of halogens is 1. The zero-order chi connectivity index (χ0) is 27.2. The second-order valence-electron chi connectivity index (χ2n) is 8.80. The van der Waals surface area contributed by atoms with Crippen LogP contribution in [0, 0.1) is 19.7 Å². The molecule has 0 radical (unpaired) electrons. The zero-order valence-corrected chi connectivity index (χ0v) is 22.3. The molecule has 7 nitrogen and oxygen atoms in total. The van der Waals surface area contributed by atoms with Crippen molar-refractivity contribution in [3.8, 4) is 0 Å². The summed E-state index contributed by atoms with van der Waals surface area (Å²) in [6, 6.07) is 18.0. The van der Waals surface area contributed by atoms with Gasteiger partial charge < -0.3 is 10.2 Å². The van der Waals surface area contributed by atoms with Gasteiger partial charge in [-0.1, -0.05) is 55.0 Å². The number of sulfonamides is 1. The van der Waals surface area contributed by atoms with Crippen LogP contribution in [0.3, 0.4) is 0 Å². The first-order valence-corrected chi connectivity index (χ1v) is 13.4. The molecule has 1 N–H and O–H groups in total. The molecule has 0 aliphatic rings. The van der Waals surface area contributed by atoms with E-state index >= 15 is 0 Å². The van der Waals surface area contributed by atoms with Crippen LogP contribution < -0.4 is 9.62 Å². The summed E-state index contributed by atoms with van der Waals surface area (Å²) in [6.07, 6.45) is 0.307. The Labute approximate surface area is 218 Å². The minimum atomic E-state index is -4.12. The average Bonchev–Trinajstić information content (AvgIpc) is 2.88. The quantitative estimate of drug-likeness (QED) is 0.430. The van der Waals surface area contributed by atoms with Crippen LogP contribution in [0.15, 0.2) is 77.7 Å². The number of amides is 2. The highest BCUT2D eigenvalue weighted by Crippen LogP contribution is 2.28. The molecule has 1 atom stereocenters. The first kappa shape index (κ1) is 27.9. The van der Waals surface area contributed by atoms with Gasteiger partial charge in [0.05, 0.1) is 10.6 Å². The predicted molar refractivity (Wildman–Crippen MR) is 142 cm³/mol. The molecule has 0 spiro atoms. The Morgan fingerprint density at radius 2 is 1.62 bits per heavy atom. The van der Waals surface area contributed by atoms with E-state index in [1.807, 2.05) is 13.0 Å². The molecule has 2 amide bonds. The number of benzene rings is 3. The maximum atomic E-state index is 13.8. The molecule has 3 aromatic carbocycles. The van der Waals surface area contributed by atoms with Crippen molar-refractivity contribution in [1.82, 2.24) is 10.2 Å². The van der Waals surface area contributed by atoms with E-state index in [0.29, 0.717) is 23.2 Å². The lowest BCUT2D eigenvalue weighted by atomic mass is 10.1. The van der Waals surface area contributed by atoms with Crippen molar-refractivity contribution >= 4 is 27.5 Å². The molecule has 0 heterocycles. The number of nitrogens with one attached hydrogen (secondary N) is 1. The lowest BCUT2D eigenvalue weighted by Gasteiger charge is -2.33. The minimum Gasteiger partial charge on any atom is -0.357 e. The van der Waals surface area contributed by atoms with Crippen molar-refractivity contribution < 1.29 is 22.4 Å². The molecular weight excluding hydrogens is 493 g/mol. The maximum Gasteiger partial charge on any atom is 0.264 e. The minimum absolute atomic E-state index is 0.0111. The van der Waals surface area contributed by atoms with Gasteiger partial charge in [-0.05, 0) is 61.7 Å². The van der Waals surface area contributed by atoms with E-state index in [1.165, 1.54) is 48.3 Å². The van der Waals surface area contributed by atoms with Gasteiger partial charge in [-0.3, -0.25) is 13.9 Å². The number of anilines is 1. The SMILES string of the molecule is CC[C@H](C(=O)NC)N(Cc1ccc(F)cc1)C(=O)CN(c1ccc(C)cc1C)S(=O)(=O)c1ccccc1. The van der Waals surface area contributed by atoms with Crippen LogP contribution in [0.5, 0.6) is 0 Å². The molecule has 0 unspecified atom stereocenters. The van der Waals surface area contributed by atoms with Gasteiger partial charge in [0.25, 0.3) is 10.0 Å². The van der Waals surface area contributed by atoms with Crippen LogP contribution in [-0.4, -0.2) is 44.8 Å². The third kappa shape index (κ3) is 6.54. The standard InChI is InChI=1S/C28H32FN3O4S/c1-5-25(28(34)30-4)31(18-22-12-14-23(29)15-13-22)27(33)19-32(26-16-11-20(2)17-21(26)3)37(35,36)24-9-7-6-8-10-24/h6-17,25H,5,18-19H2,1-4H3,(H,30,34)/t25-/m1/s1. The predicted octanol–water partition coefficient (Wildman–Crippen LogP) is 4.19. The van der Waals surface area contributed by atoms with Crippen molar-refractivity contribution in [1.29, 1.82) is 0 Å². The van der Waals surface area contributed by atoms with Crippen LogP contribution >= 0.6 is 0 Å². The van der Waals surface area contributed by atoms with Gasteiger partial charge in [-0.2, -0.15) is 0 Å².